The third-order valence-corrected chi connectivity index (χ3v) is 4.75. The Hall–Kier alpha value is -0.900. The van der Waals surface area contributed by atoms with E-state index in [1.165, 1.54) is 0 Å². The fraction of sp³-hybridized carbons (Fsp3) is 0.538. The Morgan fingerprint density at radius 3 is 2.29 bits per heavy atom. The lowest BCUT2D eigenvalue weighted by molar-refractivity contribution is 0.0943. The van der Waals surface area contributed by atoms with Crippen molar-refractivity contribution in [2.45, 2.75) is 33.7 Å². The van der Waals surface area contributed by atoms with Crippen molar-refractivity contribution in [1.82, 2.24) is 10.3 Å². The molecule has 1 aromatic rings. The molecule has 0 spiro atoms. The molecular weight excluding hydrogens is 280 g/mol. The Morgan fingerprint density at radius 1 is 1.29 bits per heavy atom. The van der Waals surface area contributed by atoms with Gasteiger partial charge in [-0.3, -0.25) is 4.79 Å². The second-order valence-corrected chi connectivity index (χ2v) is 6.53. The highest BCUT2D eigenvalue weighted by Gasteiger charge is 2.65. The maximum atomic E-state index is 12.0. The first-order valence-corrected chi connectivity index (χ1v) is 6.48. The predicted molar refractivity (Wildman–Crippen MR) is 70.8 cm³/mol. The van der Waals surface area contributed by atoms with Crippen molar-refractivity contribution in [3.63, 3.8) is 0 Å². The van der Waals surface area contributed by atoms with Crippen molar-refractivity contribution in [2.75, 3.05) is 0 Å². The highest BCUT2D eigenvalue weighted by molar-refractivity contribution is 9.10. The van der Waals surface area contributed by atoms with Crippen LogP contribution in [0.2, 0.25) is 0 Å². The number of nitrogens with one attached hydrogen (secondary N) is 1. The second-order valence-electron chi connectivity index (χ2n) is 5.72. The van der Waals surface area contributed by atoms with Crippen LogP contribution in [0.3, 0.4) is 0 Å². The maximum Gasteiger partial charge on any atom is 0.253 e. The van der Waals surface area contributed by atoms with Crippen LogP contribution in [0, 0.1) is 10.8 Å². The fourth-order valence-corrected chi connectivity index (χ4v) is 2.52. The summed E-state index contributed by atoms with van der Waals surface area (Å²) in [5, 5.41) is 3.08. The predicted octanol–water partition coefficient (Wildman–Crippen LogP) is 3.01. The molecule has 3 nitrogen and oxygen atoms in total. The Labute approximate surface area is 110 Å². The van der Waals surface area contributed by atoms with E-state index in [9.17, 15) is 4.79 Å². The highest BCUT2D eigenvalue weighted by atomic mass is 79.9. The third kappa shape index (κ3) is 1.99. The van der Waals surface area contributed by atoms with Gasteiger partial charge in [0.1, 0.15) is 4.60 Å². The topological polar surface area (TPSA) is 42.0 Å². The number of hydrogen-bond donors (Lipinski definition) is 1. The fourth-order valence-electron chi connectivity index (χ4n) is 2.28. The van der Waals surface area contributed by atoms with Crippen LogP contribution in [0.4, 0.5) is 0 Å². The zero-order valence-electron chi connectivity index (χ0n) is 10.5. The molecule has 1 aromatic heterocycles. The van der Waals surface area contributed by atoms with E-state index < -0.39 is 0 Å². The van der Waals surface area contributed by atoms with Gasteiger partial charge >= 0.3 is 0 Å². The van der Waals surface area contributed by atoms with Crippen LogP contribution in [0.1, 0.15) is 38.1 Å². The molecule has 1 N–H and O–H groups in total. The molecule has 1 aliphatic rings. The van der Waals surface area contributed by atoms with Gasteiger partial charge < -0.3 is 5.32 Å². The van der Waals surface area contributed by atoms with Crippen LogP contribution in [0.25, 0.3) is 0 Å². The normalized spacial score (nSPS) is 21.0. The van der Waals surface area contributed by atoms with Gasteiger partial charge in [-0.1, -0.05) is 27.7 Å². The van der Waals surface area contributed by atoms with E-state index in [1.54, 1.807) is 18.3 Å². The standard InChI is InChI=1S/C13H17BrN2O/c1-12(2)11(13(12,3)4)16-10(17)8-5-6-9(14)15-7-8/h5-7,11H,1-4H3,(H,16,17). The van der Waals surface area contributed by atoms with Gasteiger partial charge in [0.05, 0.1) is 5.56 Å². The molecule has 4 heteroatoms. The number of halogens is 1. The van der Waals surface area contributed by atoms with Crippen LogP contribution in [0.15, 0.2) is 22.9 Å². The smallest absolute Gasteiger partial charge is 0.253 e. The summed E-state index contributed by atoms with van der Waals surface area (Å²) in [5.41, 5.74) is 0.920. The average Bonchev–Trinajstić information content (AvgIpc) is 2.62. The maximum absolute atomic E-state index is 12.0. The summed E-state index contributed by atoms with van der Waals surface area (Å²) in [7, 11) is 0. The van der Waals surface area contributed by atoms with Crippen molar-refractivity contribution < 1.29 is 4.79 Å². The average molecular weight is 297 g/mol. The monoisotopic (exact) mass is 296 g/mol. The molecule has 0 aliphatic heterocycles. The molecule has 0 bridgehead atoms. The van der Waals surface area contributed by atoms with Crippen molar-refractivity contribution >= 4 is 21.8 Å². The summed E-state index contributed by atoms with van der Waals surface area (Å²) in [5.74, 6) is -0.0475. The van der Waals surface area contributed by atoms with Gasteiger partial charge in [-0.2, -0.15) is 0 Å². The Morgan fingerprint density at radius 2 is 1.88 bits per heavy atom. The third-order valence-electron chi connectivity index (χ3n) is 4.29. The second kappa shape index (κ2) is 3.80. The molecule has 0 unspecified atom stereocenters. The Balaban J connectivity index is 2.07. The number of nitrogens with zero attached hydrogens (tertiary/aromatic N) is 1. The van der Waals surface area contributed by atoms with Crippen LogP contribution < -0.4 is 5.32 Å². The van der Waals surface area contributed by atoms with Crippen LogP contribution in [0.5, 0.6) is 0 Å². The lowest BCUT2D eigenvalue weighted by Gasteiger charge is -2.06. The molecule has 1 heterocycles. The first-order valence-electron chi connectivity index (χ1n) is 5.69. The molecule has 2 rings (SSSR count). The Bertz CT molecular complexity index is 437. The molecule has 0 saturated heterocycles. The summed E-state index contributed by atoms with van der Waals surface area (Å²) < 4.78 is 0.737. The quantitative estimate of drug-likeness (QED) is 0.853. The van der Waals surface area contributed by atoms with E-state index >= 15 is 0 Å². The van der Waals surface area contributed by atoms with Crippen molar-refractivity contribution in [2.24, 2.45) is 10.8 Å². The zero-order valence-corrected chi connectivity index (χ0v) is 12.1. The number of hydrogen-bond acceptors (Lipinski definition) is 2. The van der Waals surface area contributed by atoms with E-state index in [0.29, 0.717) is 5.56 Å². The first kappa shape index (κ1) is 12.6. The molecule has 1 fully saturated rings. The minimum atomic E-state index is -0.0475. The summed E-state index contributed by atoms with van der Waals surface area (Å²) >= 11 is 3.25. The van der Waals surface area contributed by atoms with Crippen LogP contribution >= 0.6 is 15.9 Å². The van der Waals surface area contributed by atoms with Crippen LogP contribution in [-0.2, 0) is 0 Å². The van der Waals surface area contributed by atoms with Gasteiger partial charge in [-0.05, 0) is 38.9 Å². The first-order chi connectivity index (χ1) is 7.76. The number of aromatic nitrogens is 1. The van der Waals surface area contributed by atoms with Gasteiger partial charge in [0.15, 0.2) is 0 Å². The molecule has 17 heavy (non-hydrogen) atoms. The zero-order chi connectivity index (χ0) is 12.8. The number of pyridine rings is 1. The van der Waals surface area contributed by atoms with E-state index in [1.807, 2.05) is 0 Å². The lowest BCUT2D eigenvalue weighted by Crippen LogP contribution is -2.29. The highest BCUT2D eigenvalue weighted by Crippen LogP contribution is 2.62. The molecular formula is C13H17BrN2O. The number of amides is 1. The van der Waals surface area contributed by atoms with Gasteiger partial charge in [0.25, 0.3) is 5.91 Å². The number of carbonyl (C=O) groups excluding carboxylic acids is 1. The summed E-state index contributed by atoms with van der Waals surface area (Å²) in [4.78, 5) is 16.1. The van der Waals surface area contributed by atoms with E-state index in [0.717, 1.165) is 4.60 Å². The van der Waals surface area contributed by atoms with Gasteiger partial charge in [-0.25, -0.2) is 4.98 Å². The van der Waals surface area contributed by atoms with Crippen molar-refractivity contribution in [3.05, 3.63) is 28.5 Å². The van der Waals surface area contributed by atoms with Crippen molar-refractivity contribution in [3.8, 4) is 0 Å². The molecule has 1 aliphatic carbocycles. The summed E-state index contributed by atoms with van der Waals surface area (Å²) in [6, 6.07) is 3.78. The SMILES string of the molecule is CC1(C)C(NC(=O)c2ccc(Br)nc2)C1(C)C. The molecule has 0 radical (unpaired) electrons. The summed E-state index contributed by atoms with van der Waals surface area (Å²) in [6.45, 7) is 8.71. The molecule has 0 atom stereocenters. The molecule has 0 aromatic carbocycles. The Kier molecular flexibility index (Phi) is 2.81. The number of carbonyl (C=O) groups is 1. The lowest BCUT2D eigenvalue weighted by atomic mass is 10.0. The molecule has 1 amide bonds. The van der Waals surface area contributed by atoms with E-state index in [2.05, 4.69) is 53.9 Å². The molecule has 1 saturated carbocycles. The van der Waals surface area contributed by atoms with Gasteiger partial charge in [-0.15, -0.1) is 0 Å². The van der Waals surface area contributed by atoms with Crippen molar-refractivity contribution in [1.29, 1.82) is 0 Å². The number of rotatable bonds is 2. The molecule has 92 valence electrons. The largest absolute Gasteiger partial charge is 0.348 e. The van der Waals surface area contributed by atoms with Crippen LogP contribution in [-0.4, -0.2) is 16.9 Å². The van der Waals surface area contributed by atoms with Gasteiger partial charge in [0.2, 0.25) is 0 Å². The van der Waals surface area contributed by atoms with E-state index in [-0.39, 0.29) is 22.8 Å². The minimum absolute atomic E-state index is 0.0475. The van der Waals surface area contributed by atoms with E-state index in [4.69, 9.17) is 0 Å². The summed E-state index contributed by atoms with van der Waals surface area (Å²) in [6.07, 6.45) is 1.59. The van der Waals surface area contributed by atoms with Gasteiger partial charge in [0, 0.05) is 12.2 Å². The minimum Gasteiger partial charge on any atom is -0.348 e.